The molecule has 0 aliphatic rings. The van der Waals surface area contributed by atoms with Crippen molar-refractivity contribution in [3.05, 3.63) is 22.7 Å². The standard InChI is InChI=1S/C12H16BrNO2S/c1-12(2,3)16-11(15)7-17-10-5-4-8(14)6-9(10)13/h4-6H,7,14H2,1-3H3. The molecule has 0 fully saturated rings. The second kappa shape index (κ2) is 5.78. The molecule has 0 saturated heterocycles. The van der Waals surface area contributed by atoms with Crippen LogP contribution in [0.4, 0.5) is 5.69 Å². The summed E-state index contributed by atoms with van der Waals surface area (Å²) in [5, 5.41) is 0. The van der Waals surface area contributed by atoms with E-state index in [4.69, 9.17) is 10.5 Å². The largest absolute Gasteiger partial charge is 0.459 e. The predicted octanol–water partition coefficient (Wildman–Crippen LogP) is 3.47. The van der Waals surface area contributed by atoms with Gasteiger partial charge in [0.05, 0.1) is 5.75 Å². The Morgan fingerprint density at radius 3 is 2.65 bits per heavy atom. The van der Waals surface area contributed by atoms with Gasteiger partial charge in [0.25, 0.3) is 0 Å². The second-order valence-electron chi connectivity index (χ2n) is 4.56. The summed E-state index contributed by atoms with van der Waals surface area (Å²) in [6.45, 7) is 5.57. The first kappa shape index (κ1) is 14.4. The van der Waals surface area contributed by atoms with E-state index in [0.29, 0.717) is 11.4 Å². The summed E-state index contributed by atoms with van der Waals surface area (Å²) in [6, 6.07) is 5.51. The fourth-order valence-electron chi connectivity index (χ4n) is 1.14. The third-order valence-corrected chi connectivity index (χ3v) is 3.69. The topological polar surface area (TPSA) is 52.3 Å². The lowest BCUT2D eigenvalue weighted by atomic mass is 10.2. The van der Waals surface area contributed by atoms with Crippen LogP contribution in [-0.4, -0.2) is 17.3 Å². The van der Waals surface area contributed by atoms with E-state index < -0.39 is 5.60 Å². The molecule has 0 spiro atoms. The van der Waals surface area contributed by atoms with Crippen molar-refractivity contribution < 1.29 is 9.53 Å². The first-order valence-electron chi connectivity index (χ1n) is 5.17. The number of anilines is 1. The van der Waals surface area contributed by atoms with Crippen molar-refractivity contribution >= 4 is 39.3 Å². The lowest BCUT2D eigenvalue weighted by Gasteiger charge is -2.19. The maximum absolute atomic E-state index is 11.5. The zero-order valence-electron chi connectivity index (χ0n) is 10.1. The quantitative estimate of drug-likeness (QED) is 0.527. The highest BCUT2D eigenvalue weighted by atomic mass is 79.9. The average molecular weight is 318 g/mol. The summed E-state index contributed by atoms with van der Waals surface area (Å²) in [5.41, 5.74) is 5.89. The first-order chi connectivity index (χ1) is 7.78. The number of nitrogens with two attached hydrogens (primary N) is 1. The molecule has 0 heterocycles. The molecule has 1 aromatic rings. The van der Waals surface area contributed by atoms with Gasteiger partial charge < -0.3 is 10.5 Å². The van der Waals surface area contributed by atoms with Crippen molar-refractivity contribution in [3.63, 3.8) is 0 Å². The number of carbonyl (C=O) groups excluding carboxylic acids is 1. The summed E-state index contributed by atoms with van der Waals surface area (Å²) in [5.74, 6) is 0.0750. The van der Waals surface area contributed by atoms with E-state index in [1.807, 2.05) is 39.0 Å². The van der Waals surface area contributed by atoms with Gasteiger partial charge in [-0.3, -0.25) is 4.79 Å². The monoisotopic (exact) mass is 317 g/mol. The molecule has 0 aromatic heterocycles. The Balaban J connectivity index is 2.53. The zero-order chi connectivity index (χ0) is 13.1. The molecular formula is C12H16BrNO2S. The predicted molar refractivity (Wildman–Crippen MR) is 75.1 cm³/mol. The molecule has 17 heavy (non-hydrogen) atoms. The van der Waals surface area contributed by atoms with Crippen molar-refractivity contribution in [2.24, 2.45) is 0 Å². The zero-order valence-corrected chi connectivity index (χ0v) is 12.5. The Hall–Kier alpha value is -0.680. The van der Waals surface area contributed by atoms with Crippen LogP contribution in [0.3, 0.4) is 0 Å². The molecule has 0 bridgehead atoms. The number of ether oxygens (including phenoxy) is 1. The van der Waals surface area contributed by atoms with Gasteiger partial charge in [-0.2, -0.15) is 0 Å². The summed E-state index contributed by atoms with van der Waals surface area (Å²) in [6.07, 6.45) is 0. The Morgan fingerprint density at radius 1 is 1.47 bits per heavy atom. The van der Waals surface area contributed by atoms with Crippen molar-refractivity contribution in [2.75, 3.05) is 11.5 Å². The molecule has 0 aliphatic heterocycles. The number of hydrogen-bond donors (Lipinski definition) is 1. The molecule has 1 rings (SSSR count). The lowest BCUT2D eigenvalue weighted by Crippen LogP contribution is -2.24. The summed E-state index contributed by atoms with van der Waals surface area (Å²) in [7, 11) is 0. The van der Waals surface area contributed by atoms with Crippen LogP contribution in [0.15, 0.2) is 27.6 Å². The molecule has 0 saturated carbocycles. The van der Waals surface area contributed by atoms with Crippen LogP contribution in [0.2, 0.25) is 0 Å². The van der Waals surface area contributed by atoms with Crippen LogP contribution in [0.5, 0.6) is 0 Å². The lowest BCUT2D eigenvalue weighted by molar-refractivity contribution is -0.151. The van der Waals surface area contributed by atoms with Gasteiger partial charge in [-0.05, 0) is 54.9 Å². The Morgan fingerprint density at radius 2 is 2.12 bits per heavy atom. The number of rotatable bonds is 3. The van der Waals surface area contributed by atoms with Crippen molar-refractivity contribution in [1.29, 1.82) is 0 Å². The fraction of sp³-hybridized carbons (Fsp3) is 0.417. The van der Waals surface area contributed by atoms with Crippen LogP contribution in [0.1, 0.15) is 20.8 Å². The molecule has 0 aliphatic carbocycles. The van der Waals surface area contributed by atoms with Crippen LogP contribution in [0.25, 0.3) is 0 Å². The minimum Gasteiger partial charge on any atom is -0.459 e. The molecule has 0 unspecified atom stereocenters. The van der Waals surface area contributed by atoms with E-state index in [0.717, 1.165) is 9.37 Å². The minimum atomic E-state index is -0.435. The second-order valence-corrected chi connectivity index (χ2v) is 6.44. The van der Waals surface area contributed by atoms with Crippen LogP contribution >= 0.6 is 27.7 Å². The normalized spacial score (nSPS) is 11.3. The number of benzene rings is 1. The minimum absolute atomic E-state index is 0.216. The van der Waals surface area contributed by atoms with E-state index in [-0.39, 0.29) is 5.97 Å². The van der Waals surface area contributed by atoms with E-state index in [1.165, 1.54) is 11.8 Å². The molecule has 1 aromatic carbocycles. The maximum Gasteiger partial charge on any atom is 0.316 e. The van der Waals surface area contributed by atoms with Gasteiger partial charge in [0.2, 0.25) is 0 Å². The van der Waals surface area contributed by atoms with Gasteiger partial charge in [-0.15, -0.1) is 11.8 Å². The van der Waals surface area contributed by atoms with Crippen molar-refractivity contribution in [3.8, 4) is 0 Å². The first-order valence-corrected chi connectivity index (χ1v) is 6.95. The molecule has 3 nitrogen and oxygen atoms in total. The van der Waals surface area contributed by atoms with E-state index in [1.54, 1.807) is 0 Å². The SMILES string of the molecule is CC(C)(C)OC(=O)CSc1ccc(N)cc1Br. The third-order valence-electron chi connectivity index (χ3n) is 1.72. The molecule has 94 valence electrons. The highest BCUT2D eigenvalue weighted by molar-refractivity contribution is 9.10. The fourth-order valence-corrected chi connectivity index (χ4v) is 2.58. The maximum atomic E-state index is 11.5. The Labute approximate surface area is 114 Å². The molecule has 0 radical (unpaired) electrons. The highest BCUT2D eigenvalue weighted by Gasteiger charge is 2.16. The number of carbonyl (C=O) groups is 1. The van der Waals surface area contributed by atoms with Gasteiger partial charge >= 0.3 is 5.97 Å². The number of nitrogen functional groups attached to an aromatic ring is 1. The summed E-state index contributed by atoms with van der Waals surface area (Å²) >= 11 is 4.83. The highest BCUT2D eigenvalue weighted by Crippen LogP contribution is 2.29. The molecule has 0 amide bonds. The number of esters is 1. The Kier molecular flexibility index (Phi) is 4.89. The molecular weight excluding hydrogens is 302 g/mol. The molecule has 2 N–H and O–H groups in total. The summed E-state index contributed by atoms with van der Waals surface area (Å²) < 4.78 is 6.12. The van der Waals surface area contributed by atoms with E-state index >= 15 is 0 Å². The van der Waals surface area contributed by atoms with E-state index in [2.05, 4.69) is 15.9 Å². The Bertz CT molecular complexity index is 415. The smallest absolute Gasteiger partial charge is 0.316 e. The van der Waals surface area contributed by atoms with Gasteiger partial charge in [0.1, 0.15) is 5.60 Å². The van der Waals surface area contributed by atoms with Crippen molar-refractivity contribution in [1.82, 2.24) is 0 Å². The van der Waals surface area contributed by atoms with Crippen molar-refractivity contribution in [2.45, 2.75) is 31.3 Å². The molecule has 5 heteroatoms. The van der Waals surface area contributed by atoms with Crippen LogP contribution < -0.4 is 5.73 Å². The van der Waals surface area contributed by atoms with Crippen LogP contribution in [-0.2, 0) is 9.53 Å². The van der Waals surface area contributed by atoms with E-state index in [9.17, 15) is 4.79 Å². The van der Waals surface area contributed by atoms with Gasteiger partial charge in [0, 0.05) is 15.1 Å². The van der Waals surface area contributed by atoms with Crippen LogP contribution in [0, 0.1) is 0 Å². The number of halogens is 1. The summed E-state index contributed by atoms with van der Waals surface area (Å²) in [4.78, 5) is 12.5. The average Bonchev–Trinajstić information content (AvgIpc) is 2.13. The van der Waals surface area contributed by atoms with Gasteiger partial charge in [-0.25, -0.2) is 0 Å². The van der Waals surface area contributed by atoms with Gasteiger partial charge in [0.15, 0.2) is 0 Å². The molecule has 0 atom stereocenters. The number of thioether (sulfide) groups is 1. The van der Waals surface area contributed by atoms with Gasteiger partial charge in [-0.1, -0.05) is 0 Å². The third kappa shape index (κ3) is 5.46. The number of hydrogen-bond acceptors (Lipinski definition) is 4.